The molecule has 1 unspecified atom stereocenters. The zero-order valence-corrected chi connectivity index (χ0v) is 11.5. The quantitative estimate of drug-likeness (QED) is 0.766. The zero-order valence-electron chi connectivity index (χ0n) is 10.7. The maximum absolute atomic E-state index is 12.3. The summed E-state index contributed by atoms with van der Waals surface area (Å²) in [5, 5.41) is 0.183. The Morgan fingerprint density at radius 1 is 0.947 bits per heavy atom. The van der Waals surface area contributed by atoms with Gasteiger partial charge in [0.1, 0.15) is 0 Å². The minimum absolute atomic E-state index is 0.183. The number of hydrogen-bond acceptors (Lipinski definition) is 2. The van der Waals surface area contributed by atoms with Crippen molar-refractivity contribution in [3.05, 3.63) is 60.2 Å². The first-order valence-electron chi connectivity index (χ1n) is 6.66. The number of carbonyl (C=O) groups excluding carboxylic acids is 1. The van der Waals surface area contributed by atoms with Crippen molar-refractivity contribution in [2.24, 2.45) is 0 Å². The van der Waals surface area contributed by atoms with E-state index in [1.165, 1.54) is 12.0 Å². The van der Waals surface area contributed by atoms with Crippen LogP contribution in [0.25, 0.3) is 11.1 Å². The summed E-state index contributed by atoms with van der Waals surface area (Å²) in [4.78, 5) is 12.3. The van der Waals surface area contributed by atoms with Crippen molar-refractivity contribution in [1.29, 1.82) is 0 Å². The van der Waals surface area contributed by atoms with Crippen LogP contribution in [0.3, 0.4) is 0 Å². The summed E-state index contributed by atoms with van der Waals surface area (Å²) in [6.07, 6.45) is 2.20. The van der Waals surface area contributed by atoms with Crippen LogP contribution in [0, 0.1) is 0 Å². The Kier molecular flexibility index (Phi) is 3.69. The van der Waals surface area contributed by atoms with Gasteiger partial charge in [-0.05, 0) is 29.7 Å². The molecule has 2 aromatic carbocycles. The Bertz CT molecular complexity index is 554. The Morgan fingerprint density at radius 2 is 1.63 bits per heavy atom. The van der Waals surface area contributed by atoms with Gasteiger partial charge in [-0.25, -0.2) is 0 Å². The molecule has 1 fully saturated rings. The van der Waals surface area contributed by atoms with Crippen molar-refractivity contribution in [1.82, 2.24) is 0 Å². The molecule has 1 aliphatic rings. The minimum Gasteiger partial charge on any atom is -0.293 e. The third kappa shape index (κ3) is 2.74. The van der Waals surface area contributed by atoms with Crippen molar-refractivity contribution >= 4 is 17.5 Å². The average Bonchev–Trinajstić information content (AvgIpc) is 3.02. The van der Waals surface area contributed by atoms with Gasteiger partial charge in [-0.3, -0.25) is 4.79 Å². The van der Waals surface area contributed by atoms with Crippen molar-refractivity contribution in [3.63, 3.8) is 0 Å². The molecule has 0 saturated carbocycles. The molecule has 96 valence electrons. The largest absolute Gasteiger partial charge is 0.293 e. The predicted octanol–water partition coefficient (Wildman–Crippen LogP) is 4.43. The molecule has 3 rings (SSSR count). The van der Waals surface area contributed by atoms with Crippen LogP contribution in [0.5, 0.6) is 0 Å². The number of benzene rings is 2. The van der Waals surface area contributed by atoms with Crippen LogP contribution in [0.15, 0.2) is 54.6 Å². The Morgan fingerprint density at radius 3 is 2.26 bits per heavy atom. The molecule has 0 bridgehead atoms. The molecule has 0 amide bonds. The van der Waals surface area contributed by atoms with Gasteiger partial charge in [0.2, 0.25) is 0 Å². The van der Waals surface area contributed by atoms with Gasteiger partial charge in [-0.1, -0.05) is 54.6 Å². The van der Waals surface area contributed by atoms with Crippen LogP contribution in [0.4, 0.5) is 0 Å². The predicted molar refractivity (Wildman–Crippen MR) is 81.7 cm³/mol. The van der Waals surface area contributed by atoms with Crippen molar-refractivity contribution in [3.8, 4) is 11.1 Å². The van der Waals surface area contributed by atoms with E-state index in [2.05, 4.69) is 12.1 Å². The van der Waals surface area contributed by atoms with Gasteiger partial charge in [0.05, 0.1) is 5.25 Å². The van der Waals surface area contributed by atoms with E-state index in [1.807, 2.05) is 42.5 Å². The highest BCUT2D eigenvalue weighted by Gasteiger charge is 2.24. The Balaban J connectivity index is 1.81. The fourth-order valence-electron chi connectivity index (χ4n) is 2.43. The lowest BCUT2D eigenvalue weighted by atomic mass is 10.0. The van der Waals surface area contributed by atoms with Gasteiger partial charge >= 0.3 is 0 Å². The van der Waals surface area contributed by atoms with Gasteiger partial charge in [0.15, 0.2) is 5.78 Å². The highest BCUT2D eigenvalue weighted by molar-refractivity contribution is 8.00. The van der Waals surface area contributed by atoms with Crippen LogP contribution in [0.2, 0.25) is 0 Å². The van der Waals surface area contributed by atoms with E-state index < -0.39 is 0 Å². The molecule has 19 heavy (non-hydrogen) atoms. The minimum atomic E-state index is 0.183. The summed E-state index contributed by atoms with van der Waals surface area (Å²) in [5.41, 5.74) is 3.20. The van der Waals surface area contributed by atoms with Gasteiger partial charge in [0.25, 0.3) is 0 Å². The standard InChI is InChI=1S/C17H16OS/c18-17(16-7-4-12-19-16)15-10-8-14(9-11-15)13-5-2-1-3-6-13/h1-3,5-6,8-11,16H,4,7,12H2. The van der Waals surface area contributed by atoms with E-state index in [0.717, 1.165) is 23.3 Å². The Hall–Kier alpha value is -1.54. The summed E-state index contributed by atoms with van der Waals surface area (Å²) >= 11 is 1.80. The molecule has 1 saturated heterocycles. The number of hydrogen-bond donors (Lipinski definition) is 0. The molecule has 1 atom stereocenters. The fourth-order valence-corrected chi connectivity index (χ4v) is 3.67. The normalized spacial score (nSPS) is 18.4. The first-order valence-corrected chi connectivity index (χ1v) is 7.71. The van der Waals surface area contributed by atoms with Crippen LogP contribution in [-0.4, -0.2) is 16.8 Å². The van der Waals surface area contributed by atoms with E-state index in [9.17, 15) is 4.79 Å². The lowest BCUT2D eigenvalue weighted by Gasteiger charge is -2.08. The van der Waals surface area contributed by atoms with Crippen molar-refractivity contribution in [2.45, 2.75) is 18.1 Å². The summed E-state index contributed by atoms with van der Waals surface area (Å²) in [6.45, 7) is 0. The number of thioether (sulfide) groups is 1. The molecule has 1 nitrogen and oxygen atoms in total. The molecule has 0 aromatic heterocycles. The molecule has 2 aromatic rings. The monoisotopic (exact) mass is 268 g/mol. The molecule has 0 aliphatic carbocycles. The molecule has 0 radical (unpaired) electrons. The van der Waals surface area contributed by atoms with Gasteiger partial charge in [-0.15, -0.1) is 0 Å². The smallest absolute Gasteiger partial charge is 0.175 e. The topological polar surface area (TPSA) is 17.1 Å². The molecular formula is C17H16OS. The molecule has 1 aliphatic heterocycles. The number of ketones is 1. The van der Waals surface area contributed by atoms with Crippen LogP contribution in [0.1, 0.15) is 23.2 Å². The zero-order chi connectivity index (χ0) is 13.1. The maximum Gasteiger partial charge on any atom is 0.175 e. The first-order chi connectivity index (χ1) is 9.34. The average molecular weight is 268 g/mol. The van der Waals surface area contributed by atoms with Crippen LogP contribution >= 0.6 is 11.8 Å². The van der Waals surface area contributed by atoms with Crippen LogP contribution < -0.4 is 0 Å². The van der Waals surface area contributed by atoms with Crippen LogP contribution in [-0.2, 0) is 0 Å². The highest BCUT2D eigenvalue weighted by Crippen LogP contribution is 2.29. The summed E-state index contributed by atoms with van der Waals surface area (Å²) in [6, 6.07) is 18.3. The molecule has 1 heterocycles. The lowest BCUT2D eigenvalue weighted by Crippen LogP contribution is -2.13. The Labute approximate surface area is 118 Å². The summed E-state index contributed by atoms with van der Waals surface area (Å²) < 4.78 is 0. The van der Waals surface area contributed by atoms with Crippen molar-refractivity contribution in [2.75, 3.05) is 5.75 Å². The lowest BCUT2D eigenvalue weighted by molar-refractivity contribution is 0.0988. The highest BCUT2D eigenvalue weighted by atomic mass is 32.2. The SMILES string of the molecule is O=C(c1ccc(-c2ccccc2)cc1)C1CCCS1. The fraction of sp³-hybridized carbons (Fsp3) is 0.235. The van der Waals surface area contributed by atoms with Gasteiger partial charge in [-0.2, -0.15) is 11.8 Å². The molecule has 0 N–H and O–H groups in total. The third-order valence-electron chi connectivity index (χ3n) is 3.50. The number of carbonyl (C=O) groups is 1. The maximum atomic E-state index is 12.3. The van der Waals surface area contributed by atoms with E-state index in [0.29, 0.717) is 5.78 Å². The third-order valence-corrected chi connectivity index (χ3v) is 4.88. The first kappa shape index (κ1) is 12.5. The summed E-state index contributed by atoms with van der Waals surface area (Å²) in [7, 11) is 0. The van der Waals surface area contributed by atoms with Crippen molar-refractivity contribution < 1.29 is 4.79 Å². The van der Waals surface area contributed by atoms with Gasteiger partial charge in [0, 0.05) is 5.56 Å². The second-order valence-electron chi connectivity index (χ2n) is 4.81. The summed E-state index contributed by atoms with van der Waals surface area (Å²) in [5.74, 6) is 1.42. The second kappa shape index (κ2) is 5.62. The molecule has 2 heteroatoms. The van der Waals surface area contributed by atoms with Gasteiger partial charge < -0.3 is 0 Å². The second-order valence-corrected chi connectivity index (χ2v) is 6.12. The number of rotatable bonds is 3. The molecular weight excluding hydrogens is 252 g/mol. The van der Waals surface area contributed by atoms with E-state index >= 15 is 0 Å². The van der Waals surface area contributed by atoms with E-state index in [-0.39, 0.29) is 5.25 Å². The molecule has 0 spiro atoms. The van der Waals surface area contributed by atoms with E-state index in [1.54, 1.807) is 11.8 Å². The number of Topliss-reactive ketones (excluding diaryl/α,β-unsaturated/α-hetero) is 1. The van der Waals surface area contributed by atoms with E-state index in [4.69, 9.17) is 0 Å².